The molecule has 1 aliphatic carbocycles. The average Bonchev–Trinajstić information content (AvgIpc) is 3.40. The second kappa shape index (κ2) is 6.81. The molecule has 3 rings (SSSR count). The van der Waals surface area contributed by atoms with Gasteiger partial charge in [0.15, 0.2) is 0 Å². The highest BCUT2D eigenvalue weighted by atomic mass is 16.2. The number of carbonyl (C=O) groups is 2. The summed E-state index contributed by atoms with van der Waals surface area (Å²) < 4.78 is 0. The number of nitrogens with one attached hydrogen (secondary N) is 1. The predicted molar refractivity (Wildman–Crippen MR) is 93.7 cm³/mol. The summed E-state index contributed by atoms with van der Waals surface area (Å²) in [5, 5.41) is 3.05. The minimum absolute atomic E-state index is 0.0227. The first-order valence-corrected chi connectivity index (χ1v) is 8.65. The van der Waals surface area contributed by atoms with Gasteiger partial charge in [-0.2, -0.15) is 0 Å². The van der Waals surface area contributed by atoms with Gasteiger partial charge in [-0.05, 0) is 44.4 Å². The number of aryl methyl sites for hydroxylation is 1. The number of anilines is 1. The SMILES string of the molecule is Cc1ccc(N)cc1C(=O)N1CCN(C(C)C(=O)NC2CC2)CC1. The molecule has 3 N–H and O–H groups in total. The third kappa shape index (κ3) is 3.70. The number of nitrogens with zero attached hydrogens (tertiary/aromatic N) is 2. The van der Waals surface area contributed by atoms with E-state index in [1.54, 1.807) is 6.07 Å². The molecular weight excluding hydrogens is 304 g/mol. The van der Waals surface area contributed by atoms with Gasteiger partial charge in [0.1, 0.15) is 0 Å². The molecule has 1 saturated heterocycles. The first kappa shape index (κ1) is 16.8. The van der Waals surface area contributed by atoms with Gasteiger partial charge in [-0.3, -0.25) is 14.5 Å². The van der Waals surface area contributed by atoms with Crippen molar-refractivity contribution in [2.45, 2.75) is 38.8 Å². The number of benzene rings is 1. The Hall–Kier alpha value is -2.08. The number of nitrogens with two attached hydrogens (primary N) is 1. The van der Waals surface area contributed by atoms with Crippen LogP contribution in [-0.2, 0) is 4.79 Å². The highest BCUT2D eigenvalue weighted by Crippen LogP contribution is 2.20. The van der Waals surface area contributed by atoms with Gasteiger partial charge in [0, 0.05) is 43.5 Å². The van der Waals surface area contributed by atoms with E-state index < -0.39 is 0 Å². The lowest BCUT2D eigenvalue weighted by molar-refractivity contribution is -0.126. The quantitative estimate of drug-likeness (QED) is 0.808. The molecule has 1 aromatic carbocycles. The van der Waals surface area contributed by atoms with E-state index in [-0.39, 0.29) is 17.9 Å². The number of amides is 2. The van der Waals surface area contributed by atoms with Gasteiger partial charge in [0.2, 0.25) is 5.91 Å². The number of hydrogen-bond donors (Lipinski definition) is 2. The molecule has 2 fully saturated rings. The fourth-order valence-corrected chi connectivity index (χ4v) is 3.07. The fraction of sp³-hybridized carbons (Fsp3) is 0.556. The topological polar surface area (TPSA) is 78.7 Å². The van der Waals surface area contributed by atoms with Gasteiger partial charge in [0.05, 0.1) is 6.04 Å². The van der Waals surface area contributed by atoms with E-state index in [9.17, 15) is 9.59 Å². The molecule has 6 nitrogen and oxygen atoms in total. The van der Waals surface area contributed by atoms with E-state index in [1.165, 1.54) is 0 Å². The van der Waals surface area contributed by atoms with Gasteiger partial charge in [-0.1, -0.05) is 6.07 Å². The summed E-state index contributed by atoms with van der Waals surface area (Å²) in [5.41, 5.74) is 8.02. The van der Waals surface area contributed by atoms with Crippen molar-refractivity contribution in [3.8, 4) is 0 Å². The zero-order valence-corrected chi connectivity index (χ0v) is 14.4. The number of hydrogen-bond acceptors (Lipinski definition) is 4. The predicted octanol–water partition coefficient (Wildman–Crippen LogP) is 1.00. The number of piperazine rings is 1. The maximum absolute atomic E-state index is 12.7. The van der Waals surface area contributed by atoms with Gasteiger partial charge in [-0.15, -0.1) is 0 Å². The molecule has 1 unspecified atom stereocenters. The Labute approximate surface area is 143 Å². The summed E-state index contributed by atoms with van der Waals surface area (Å²) in [5.74, 6) is 0.124. The van der Waals surface area contributed by atoms with Crippen LogP contribution in [0.15, 0.2) is 18.2 Å². The molecule has 130 valence electrons. The molecule has 0 radical (unpaired) electrons. The van der Waals surface area contributed by atoms with Gasteiger partial charge >= 0.3 is 0 Å². The van der Waals surface area contributed by atoms with Crippen molar-refractivity contribution in [1.29, 1.82) is 0 Å². The third-order valence-electron chi connectivity index (χ3n) is 4.94. The van der Waals surface area contributed by atoms with Crippen LogP contribution in [0.1, 0.15) is 35.7 Å². The van der Waals surface area contributed by atoms with Gasteiger partial charge in [0.25, 0.3) is 5.91 Å². The van der Waals surface area contributed by atoms with Crippen LogP contribution in [0.5, 0.6) is 0 Å². The molecular formula is C18H26N4O2. The number of nitrogen functional groups attached to an aromatic ring is 1. The largest absolute Gasteiger partial charge is 0.399 e. The van der Waals surface area contributed by atoms with E-state index in [0.29, 0.717) is 43.5 Å². The minimum Gasteiger partial charge on any atom is -0.399 e. The molecule has 0 bridgehead atoms. The second-order valence-corrected chi connectivity index (χ2v) is 6.86. The molecule has 2 amide bonds. The van der Waals surface area contributed by atoms with Crippen molar-refractivity contribution in [3.63, 3.8) is 0 Å². The smallest absolute Gasteiger partial charge is 0.254 e. The second-order valence-electron chi connectivity index (χ2n) is 6.86. The van der Waals surface area contributed by atoms with Crippen LogP contribution < -0.4 is 11.1 Å². The third-order valence-corrected chi connectivity index (χ3v) is 4.94. The Morgan fingerprint density at radius 1 is 1.21 bits per heavy atom. The standard InChI is InChI=1S/C18H26N4O2/c1-12-3-4-14(19)11-16(12)18(24)22-9-7-21(8-10-22)13(2)17(23)20-15-5-6-15/h3-4,11,13,15H,5-10,19H2,1-2H3,(H,20,23). The fourth-order valence-electron chi connectivity index (χ4n) is 3.07. The van der Waals surface area contributed by atoms with Gasteiger partial charge in [-0.25, -0.2) is 0 Å². The summed E-state index contributed by atoms with van der Waals surface area (Å²) in [4.78, 5) is 28.9. The summed E-state index contributed by atoms with van der Waals surface area (Å²) in [7, 11) is 0. The van der Waals surface area contributed by atoms with Gasteiger partial charge < -0.3 is 16.0 Å². The van der Waals surface area contributed by atoms with E-state index in [4.69, 9.17) is 5.73 Å². The summed E-state index contributed by atoms with van der Waals surface area (Å²) in [6.07, 6.45) is 2.20. The Bertz CT molecular complexity index is 634. The first-order chi connectivity index (χ1) is 11.5. The van der Waals surface area contributed by atoms with Crippen molar-refractivity contribution in [1.82, 2.24) is 15.1 Å². The Kier molecular flexibility index (Phi) is 4.76. The maximum atomic E-state index is 12.7. The molecule has 1 saturated carbocycles. The van der Waals surface area contributed by atoms with E-state index in [1.807, 2.05) is 30.9 Å². The monoisotopic (exact) mass is 330 g/mol. The Morgan fingerprint density at radius 2 is 1.88 bits per heavy atom. The van der Waals surface area contributed by atoms with Crippen LogP contribution >= 0.6 is 0 Å². The van der Waals surface area contributed by atoms with Crippen molar-refractivity contribution in [2.24, 2.45) is 0 Å². The van der Waals surface area contributed by atoms with E-state index >= 15 is 0 Å². The van der Waals surface area contributed by atoms with Crippen molar-refractivity contribution in [3.05, 3.63) is 29.3 Å². The molecule has 1 heterocycles. The highest BCUT2D eigenvalue weighted by Gasteiger charge is 2.31. The van der Waals surface area contributed by atoms with Crippen LogP contribution in [0.2, 0.25) is 0 Å². The molecule has 24 heavy (non-hydrogen) atoms. The van der Waals surface area contributed by atoms with Crippen LogP contribution in [-0.4, -0.2) is 59.9 Å². The minimum atomic E-state index is -0.142. The summed E-state index contributed by atoms with van der Waals surface area (Å²) in [6, 6.07) is 5.68. The van der Waals surface area contributed by atoms with Crippen LogP contribution in [0.4, 0.5) is 5.69 Å². The zero-order valence-electron chi connectivity index (χ0n) is 14.4. The molecule has 6 heteroatoms. The maximum Gasteiger partial charge on any atom is 0.254 e. The Morgan fingerprint density at radius 3 is 2.50 bits per heavy atom. The normalized spacial score (nSPS) is 19.8. The molecule has 1 aromatic rings. The highest BCUT2D eigenvalue weighted by molar-refractivity contribution is 5.96. The van der Waals surface area contributed by atoms with Crippen LogP contribution in [0, 0.1) is 6.92 Å². The summed E-state index contributed by atoms with van der Waals surface area (Å²) in [6.45, 7) is 6.56. The number of carbonyl (C=O) groups excluding carboxylic acids is 2. The molecule has 0 aromatic heterocycles. The lowest BCUT2D eigenvalue weighted by Crippen LogP contribution is -2.55. The van der Waals surface area contributed by atoms with Crippen molar-refractivity contribution < 1.29 is 9.59 Å². The van der Waals surface area contributed by atoms with E-state index in [2.05, 4.69) is 10.2 Å². The van der Waals surface area contributed by atoms with E-state index in [0.717, 1.165) is 18.4 Å². The Balaban J connectivity index is 1.57. The lowest BCUT2D eigenvalue weighted by Gasteiger charge is -2.37. The van der Waals surface area contributed by atoms with Crippen LogP contribution in [0.3, 0.4) is 0 Å². The summed E-state index contributed by atoms with van der Waals surface area (Å²) >= 11 is 0. The molecule has 0 spiro atoms. The molecule has 1 atom stereocenters. The molecule has 1 aliphatic heterocycles. The number of rotatable bonds is 4. The van der Waals surface area contributed by atoms with Crippen molar-refractivity contribution in [2.75, 3.05) is 31.9 Å². The first-order valence-electron chi connectivity index (χ1n) is 8.65. The average molecular weight is 330 g/mol. The van der Waals surface area contributed by atoms with Crippen molar-refractivity contribution >= 4 is 17.5 Å². The van der Waals surface area contributed by atoms with Crippen LogP contribution in [0.25, 0.3) is 0 Å². The lowest BCUT2D eigenvalue weighted by atomic mass is 10.1. The zero-order chi connectivity index (χ0) is 17.3. The molecule has 2 aliphatic rings.